The average Bonchev–Trinajstić information content (AvgIpc) is 2.49. The SMILES string of the molecule is CCCCOCC(=O)NC(C(=O)O)c1ccc(OC)cc1. The van der Waals surface area contributed by atoms with Gasteiger partial charge in [0.1, 0.15) is 12.4 Å². The van der Waals surface area contributed by atoms with Gasteiger partial charge in [0.25, 0.3) is 0 Å². The van der Waals surface area contributed by atoms with Crippen molar-refractivity contribution in [3.05, 3.63) is 29.8 Å². The number of ether oxygens (including phenoxy) is 2. The van der Waals surface area contributed by atoms with Crippen LogP contribution in [-0.4, -0.2) is 37.3 Å². The predicted molar refractivity (Wildman–Crippen MR) is 77.2 cm³/mol. The van der Waals surface area contributed by atoms with Gasteiger partial charge in [-0.2, -0.15) is 0 Å². The number of aliphatic carboxylic acids is 1. The number of amides is 1. The quantitative estimate of drug-likeness (QED) is 0.678. The van der Waals surface area contributed by atoms with Crippen molar-refractivity contribution < 1.29 is 24.2 Å². The number of methoxy groups -OCH3 is 1. The van der Waals surface area contributed by atoms with Gasteiger partial charge in [-0.25, -0.2) is 4.79 Å². The Morgan fingerprint density at radius 3 is 2.48 bits per heavy atom. The van der Waals surface area contributed by atoms with Crippen molar-refractivity contribution in [1.29, 1.82) is 0 Å². The van der Waals surface area contributed by atoms with E-state index >= 15 is 0 Å². The Morgan fingerprint density at radius 1 is 1.29 bits per heavy atom. The van der Waals surface area contributed by atoms with Crippen LogP contribution in [0.2, 0.25) is 0 Å². The molecule has 21 heavy (non-hydrogen) atoms. The first-order valence-electron chi connectivity index (χ1n) is 6.82. The molecule has 116 valence electrons. The van der Waals surface area contributed by atoms with Gasteiger partial charge in [0.2, 0.25) is 5.91 Å². The van der Waals surface area contributed by atoms with Gasteiger partial charge in [-0.05, 0) is 24.1 Å². The molecule has 0 aliphatic rings. The summed E-state index contributed by atoms with van der Waals surface area (Å²) in [6.07, 6.45) is 1.85. The summed E-state index contributed by atoms with van der Waals surface area (Å²) in [5.74, 6) is -0.950. The van der Waals surface area contributed by atoms with Crippen molar-refractivity contribution in [2.75, 3.05) is 20.3 Å². The third-order valence-electron chi connectivity index (χ3n) is 2.88. The van der Waals surface area contributed by atoms with Crippen LogP contribution in [-0.2, 0) is 14.3 Å². The van der Waals surface area contributed by atoms with Gasteiger partial charge in [0.15, 0.2) is 6.04 Å². The van der Waals surface area contributed by atoms with Crippen LogP contribution in [0, 0.1) is 0 Å². The van der Waals surface area contributed by atoms with Crippen LogP contribution in [0.15, 0.2) is 24.3 Å². The number of hydrogen-bond acceptors (Lipinski definition) is 4. The lowest BCUT2D eigenvalue weighted by molar-refractivity contribution is -0.142. The highest BCUT2D eigenvalue weighted by atomic mass is 16.5. The Hall–Kier alpha value is -2.08. The van der Waals surface area contributed by atoms with E-state index in [9.17, 15) is 14.7 Å². The molecule has 0 bridgehead atoms. The fourth-order valence-electron chi connectivity index (χ4n) is 1.70. The molecule has 1 rings (SSSR count). The lowest BCUT2D eigenvalue weighted by Crippen LogP contribution is -2.36. The van der Waals surface area contributed by atoms with Crippen LogP contribution in [0.25, 0.3) is 0 Å². The molecule has 1 aromatic rings. The van der Waals surface area contributed by atoms with Crippen LogP contribution >= 0.6 is 0 Å². The molecule has 0 heterocycles. The Labute approximate surface area is 124 Å². The van der Waals surface area contributed by atoms with E-state index in [1.54, 1.807) is 24.3 Å². The maximum Gasteiger partial charge on any atom is 0.330 e. The molecule has 0 aliphatic heterocycles. The number of rotatable bonds is 9. The number of unbranched alkanes of at least 4 members (excludes halogenated alkanes) is 1. The number of carbonyl (C=O) groups is 2. The molecule has 1 aromatic carbocycles. The van der Waals surface area contributed by atoms with Gasteiger partial charge in [-0.1, -0.05) is 25.5 Å². The highest BCUT2D eigenvalue weighted by Gasteiger charge is 2.21. The first-order valence-corrected chi connectivity index (χ1v) is 6.82. The number of benzene rings is 1. The molecule has 0 spiro atoms. The van der Waals surface area contributed by atoms with E-state index in [-0.39, 0.29) is 6.61 Å². The largest absolute Gasteiger partial charge is 0.497 e. The molecule has 0 radical (unpaired) electrons. The van der Waals surface area contributed by atoms with Gasteiger partial charge in [0, 0.05) is 6.61 Å². The Morgan fingerprint density at radius 2 is 1.95 bits per heavy atom. The van der Waals surface area contributed by atoms with Gasteiger partial charge in [-0.15, -0.1) is 0 Å². The molecule has 6 nitrogen and oxygen atoms in total. The molecule has 0 aliphatic carbocycles. The minimum absolute atomic E-state index is 0.139. The molecule has 1 amide bonds. The maximum atomic E-state index is 11.7. The standard InChI is InChI=1S/C15H21NO5/c1-3-4-9-21-10-13(17)16-14(15(18)19)11-5-7-12(20-2)8-6-11/h5-8,14H,3-4,9-10H2,1-2H3,(H,16,17)(H,18,19). The van der Waals surface area contributed by atoms with Gasteiger partial charge < -0.3 is 19.9 Å². The first-order chi connectivity index (χ1) is 10.1. The summed E-state index contributed by atoms with van der Waals surface area (Å²) in [6.45, 7) is 2.37. The zero-order valence-electron chi connectivity index (χ0n) is 12.3. The summed E-state index contributed by atoms with van der Waals surface area (Å²) >= 11 is 0. The highest BCUT2D eigenvalue weighted by Crippen LogP contribution is 2.17. The summed E-state index contributed by atoms with van der Waals surface area (Å²) in [6, 6.07) is 5.41. The third-order valence-corrected chi connectivity index (χ3v) is 2.88. The minimum atomic E-state index is -1.12. The molecule has 0 fully saturated rings. The summed E-state index contributed by atoms with van der Waals surface area (Å²) in [5, 5.41) is 11.7. The van der Waals surface area contributed by atoms with Crippen molar-refractivity contribution in [2.45, 2.75) is 25.8 Å². The predicted octanol–water partition coefficient (Wildman–Crippen LogP) is 1.75. The van der Waals surface area contributed by atoms with Crippen LogP contribution in [0.4, 0.5) is 0 Å². The Bertz CT molecular complexity index is 458. The van der Waals surface area contributed by atoms with Crippen molar-refractivity contribution in [3.63, 3.8) is 0 Å². The van der Waals surface area contributed by atoms with Crippen LogP contribution in [0.5, 0.6) is 5.75 Å². The van der Waals surface area contributed by atoms with E-state index in [2.05, 4.69) is 5.32 Å². The highest BCUT2D eigenvalue weighted by molar-refractivity contribution is 5.85. The smallest absolute Gasteiger partial charge is 0.330 e. The Kier molecular flexibility index (Phi) is 7.25. The number of carboxylic acids is 1. The summed E-state index contributed by atoms with van der Waals surface area (Å²) in [7, 11) is 1.53. The number of carboxylic acid groups (broad SMARTS) is 1. The maximum absolute atomic E-state index is 11.7. The van der Waals surface area contributed by atoms with E-state index in [0.29, 0.717) is 17.9 Å². The topological polar surface area (TPSA) is 84.9 Å². The van der Waals surface area contributed by atoms with Crippen molar-refractivity contribution in [3.8, 4) is 5.75 Å². The normalized spacial score (nSPS) is 11.7. The molecule has 1 atom stereocenters. The molecular weight excluding hydrogens is 274 g/mol. The van der Waals surface area contributed by atoms with Crippen LogP contribution in [0.3, 0.4) is 0 Å². The molecule has 6 heteroatoms. The van der Waals surface area contributed by atoms with Crippen molar-refractivity contribution in [2.24, 2.45) is 0 Å². The number of hydrogen-bond donors (Lipinski definition) is 2. The molecule has 2 N–H and O–H groups in total. The Balaban J connectivity index is 2.60. The average molecular weight is 295 g/mol. The van der Waals surface area contributed by atoms with Gasteiger partial charge in [-0.3, -0.25) is 4.79 Å². The monoisotopic (exact) mass is 295 g/mol. The first kappa shape index (κ1) is 17.0. The molecule has 0 saturated carbocycles. The zero-order chi connectivity index (χ0) is 15.7. The third kappa shape index (κ3) is 5.83. The number of nitrogens with one attached hydrogen (secondary N) is 1. The molecule has 0 aromatic heterocycles. The van der Waals surface area contributed by atoms with Crippen molar-refractivity contribution in [1.82, 2.24) is 5.32 Å². The lowest BCUT2D eigenvalue weighted by atomic mass is 10.1. The summed E-state index contributed by atoms with van der Waals surface area (Å²) in [4.78, 5) is 23.0. The molecule has 0 saturated heterocycles. The fraction of sp³-hybridized carbons (Fsp3) is 0.467. The molecular formula is C15H21NO5. The zero-order valence-corrected chi connectivity index (χ0v) is 12.3. The van der Waals surface area contributed by atoms with E-state index < -0.39 is 17.9 Å². The van der Waals surface area contributed by atoms with E-state index in [0.717, 1.165) is 12.8 Å². The van der Waals surface area contributed by atoms with Crippen molar-refractivity contribution >= 4 is 11.9 Å². The second-order valence-corrected chi connectivity index (χ2v) is 4.52. The fourth-order valence-corrected chi connectivity index (χ4v) is 1.70. The number of carbonyl (C=O) groups excluding carboxylic acids is 1. The second kappa shape index (κ2) is 8.97. The molecule has 1 unspecified atom stereocenters. The second-order valence-electron chi connectivity index (χ2n) is 4.52. The van der Waals surface area contributed by atoms with E-state index in [4.69, 9.17) is 9.47 Å². The van der Waals surface area contributed by atoms with Gasteiger partial charge >= 0.3 is 5.97 Å². The summed E-state index contributed by atoms with van der Waals surface area (Å²) in [5.41, 5.74) is 0.477. The lowest BCUT2D eigenvalue weighted by Gasteiger charge is -2.15. The van der Waals surface area contributed by atoms with Gasteiger partial charge in [0.05, 0.1) is 7.11 Å². The van der Waals surface area contributed by atoms with Crippen LogP contribution < -0.4 is 10.1 Å². The minimum Gasteiger partial charge on any atom is -0.497 e. The van der Waals surface area contributed by atoms with E-state index in [1.807, 2.05) is 6.92 Å². The van der Waals surface area contributed by atoms with Crippen LogP contribution in [0.1, 0.15) is 31.4 Å². The van der Waals surface area contributed by atoms with E-state index in [1.165, 1.54) is 7.11 Å². The summed E-state index contributed by atoms with van der Waals surface area (Å²) < 4.78 is 10.2.